The maximum absolute atomic E-state index is 2.39. The molecule has 0 aromatic heterocycles. The Hall–Kier alpha value is -0.0400. The Labute approximate surface area is 112 Å². The zero-order valence-electron chi connectivity index (χ0n) is 14.4. The molecule has 0 spiro atoms. The molecule has 0 saturated heterocycles. The van der Waals surface area contributed by atoms with Crippen LogP contribution in [0.25, 0.3) is 0 Å². The van der Waals surface area contributed by atoms with E-state index in [1.54, 1.807) is 0 Å². The molecule has 0 N–H and O–H groups in total. The van der Waals surface area contributed by atoms with Crippen molar-refractivity contribution in [2.45, 2.75) is 74.7 Å². The molecule has 108 valence electrons. The van der Waals surface area contributed by atoms with Crippen molar-refractivity contribution in [1.29, 1.82) is 0 Å². The summed E-state index contributed by atoms with van der Waals surface area (Å²) < 4.78 is 0. The van der Waals surface area contributed by atoms with E-state index in [-0.39, 0.29) is 0 Å². The first-order valence-electron chi connectivity index (χ1n) is 7.48. The molecule has 0 unspecified atom stereocenters. The maximum Gasteiger partial charge on any atom is -0.00197 e. The number of nitrogens with zero attached hydrogens (tertiary/aromatic N) is 1. The van der Waals surface area contributed by atoms with Gasteiger partial charge < -0.3 is 4.90 Å². The summed E-state index contributed by atoms with van der Waals surface area (Å²) in [7, 11) is 4.30. The molecule has 0 aromatic carbocycles. The first kappa shape index (κ1) is 22.2. The van der Waals surface area contributed by atoms with Crippen LogP contribution in [0.4, 0.5) is 0 Å². The highest BCUT2D eigenvalue weighted by molar-refractivity contribution is 4.70. The summed E-state index contributed by atoms with van der Waals surface area (Å²) in [5.74, 6) is 0.846. The van der Waals surface area contributed by atoms with Gasteiger partial charge in [0.15, 0.2) is 0 Å². The molecule has 17 heavy (non-hydrogen) atoms. The van der Waals surface area contributed by atoms with Crippen LogP contribution in [0, 0.1) is 11.3 Å². The van der Waals surface area contributed by atoms with Gasteiger partial charge in [-0.25, -0.2) is 0 Å². The lowest BCUT2D eigenvalue weighted by molar-refractivity contribution is 0.242. The van der Waals surface area contributed by atoms with Crippen LogP contribution in [0.15, 0.2) is 0 Å². The fourth-order valence-electron chi connectivity index (χ4n) is 1.33. The van der Waals surface area contributed by atoms with E-state index < -0.39 is 0 Å². The van der Waals surface area contributed by atoms with Gasteiger partial charge in [-0.2, -0.15) is 0 Å². The van der Waals surface area contributed by atoms with Gasteiger partial charge >= 0.3 is 0 Å². The van der Waals surface area contributed by atoms with Gasteiger partial charge in [-0.15, -0.1) is 0 Å². The van der Waals surface area contributed by atoms with Crippen LogP contribution in [-0.2, 0) is 0 Å². The van der Waals surface area contributed by atoms with Crippen molar-refractivity contribution < 1.29 is 0 Å². The highest BCUT2D eigenvalue weighted by atomic mass is 15.0. The Morgan fingerprint density at radius 2 is 1.29 bits per heavy atom. The van der Waals surface area contributed by atoms with Crippen molar-refractivity contribution in [1.82, 2.24) is 4.90 Å². The molecule has 0 rings (SSSR count). The molecule has 0 bridgehead atoms. The van der Waals surface area contributed by atoms with Crippen LogP contribution in [0.1, 0.15) is 74.7 Å². The first-order valence-corrected chi connectivity index (χ1v) is 7.48. The Kier molecular flexibility index (Phi) is 18.3. The summed E-state index contributed by atoms with van der Waals surface area (Å²) >= 11 is 0. The van der Waals surface area contributed by atoms with Crippen LogP contribution >= 0.6 is 0 Å². The molecule has 0 heterocycles. The fourth-order valence-corrected chi connectivity index (χ4v) is 1.33. The zero-order valence-corrected chi connectivity index (χ0v) is 14.4. The summed E-state index contributed by atoms with van der Waals surface area (Å²) in [6, 6.07) is 0. The maximum atomic E-state index is 2.39. The molecule has 0 aliphatic carbocycles. The molecule has 0 fully saturated rings. The zero-order chi connectivity index (χ0) is 14.5. The van der Waals surface area contributed by atoms with Gasteiger partial charge in [0.25, 0.3) is 0 Å². The molecule has 0 atom stereocenters. The fraction of sp³-hybridized carbons (Fsp3) is 1.00. The van der Waals surface area contributed by atoms with Gasteiger partial charge in [0.1, 0.15) is 0 Å². The second-order valence-electron chi connectivity index (χ2n) is 5.65. The van der Waals surface area contributed by atoms with Crippen molar-refractivity contribution >= 4 is 0 Å². The standard InChI is InChI=1S/C12H27N.2C2H6/c1-11(2)7-8-12(3,4)9-10-13(5)6;2*1-2/h11H,7-10H2,1-6H3;2*1-2H3. The summed E-state index contributed by atoms with van der Waals surface area (Å²) in [5, 5.41) is 0. The quantitative estimate of drug-likeness (QED) is 0.601. The van der Waals surface area contributed by atoms with Gasteiger partial charge in [-0.3, -0.25) is 0 Å². The Morgan fingerprint density at radius 1 is 0.882 bits per heavy atom. The molecular formula is C16H39N. The first-order chi connectivity index (χ1) is 7.83. The minimum absolute atomic E-state index is 0.522. The van der Waals surface area contributed by atoms with E-state index in [0.717, 1.165) is 5.92 Å². The highest BCUT2D eigenvalue weighted by Gasteiger charge is 2.17. The second kappa shape index (κ2) is 14.0. The van der Waals surface area contributed by atoms with E-state index in [9.17, 15) is 0 Å². The summed E-state index contributed by atoms with van der Waals surface area (Å²) in [6.07, 6.45) is 4.03. The van der Waals surface area contributed by atoms with E-state index in [2.05, 4.69) is 46.7 Å². The number of hydrogen-bond donors (Lipinski definition) is 0. The molecular weight excluding hydrogens is 206 g/mol. The largest absolute Gasteiger partial charge is 0.309 e. The molecule has 0 aliphatic rings. The van der Waals surface area contributed by atoms with Crippen molar-refractivity contribution in [2.24, 2.45) is 11.3 Å². The third-order valence-corrected chi connectivity index (χ3v) is 2.63. The lowest BCUT2D eigenvalue weighted by Gasteiger charge is -2.27. The molecule has 0 aliphatic heterocycles. The summed E-state index contributed by atoms with van der Waals surface area (Å²) in [4.78, 5) is 2.27. The van der Waals surface area contributed by atoms with Crippen LogP contribution in [0.2, 0.25) is 0 Å². The predicted octanol–water partition coefficient (Wildman–Crippen LogP) is 5.45. The average molecular weight is 245 g/mol. The summed E-state index contributed by atoms with van der Waals surface area (Å²) in [6.45, 7) is 18.6. The highest BCUT2D eigenvalue weighted by Crippen LogP contribution is 2.28. The van der Waals surface area contributed by atoms with E-state index in [1.165, 1.54) is 25.8 Å². The smallest absolute Gasteiger partial charge is 0.00197 e. The van der Waals surface area contributed by atoms with Crippen molar-refractivity contribution in [3.8, 4) is 0 Å². The molecule has 0 saturated carbocycles. The molecule has 0 amide bonds. The Bertz CT molecular complexity index is 111. The van der Waals surface area contributed by atoms with Crippen molar-refractivity contribution in [2.75, 3.05) is 20.6 Å². The minimum Gasteiger partial charge on any atom is -0.309 e. The topological polar surface area (TPSA) is 3.24 Å². The van der Waals surface area contributed by atoms with Crippen LogP contribution < -0.4 is 0 Å². The second-order valence-corrected chi connectivity index (χ2v) is 5.65. The number of rotatable bonds is 6. The van der Waals surface area contributed by atoms with E-state index in [1.807, 2.05) is 27.7 Å². The van der Waals surface area contributed by atoms with Gasteiger partial charge in [0.2, 0.25) is 0 Å². The van der Waals surface area contributed by atoms with Gasteiger partial charge in [0.05, 0.1) is 0 Å². The van der Waals surface area contributed by atoms with E-state index in [0.29, 0.717) is 5.41 Å². The van der Waals surface area contributed by atoms with Crippen LogP contribution in [0.5, 0.6) is 0 Å². The third-order valence-electron chi connectivity index (χ3n) is 2.63. The van der Waals surface area contributed by atoms with Crippen LogP contribution in [-0.4, -0.2) is 25.5 Å². The van der Waals surface area contributed by atoms with Gasteiger partial charge in [-0.05, 0) is 44.8 Å². The normalized spacial score (nSPS) is 10.6. The van der Waals surface area contributed by atoms with Crippen LogP contribution in [0.3, 0.4) is 0 Å². The van der Waals surface area contributed by atoms with E-state index >= 15 is 0 Å². The molecule has 0 aromatic rings. The van der Waals surface area contributed by atoms with Gasteiger partial charge in [-0.1, -0.05) is 61.8 Å². The number of hydrogen-bond acceptors (Lipinski definition) is 1. The molecule has 1 heteroatoms. The van der Waals surface area contributed by atoms with E-state index in [4.69, 9.17) is 0 Å². The lowest BCUT2D eigenvalue weighted by atomic mass is 9.82. The minimum atomic E-state index is 0.522. The Balaban J connectivity index is -0.000000439. The molecule has 0 radical (unpaired) electrons. The third kappa shape index (κ3) is 21.7. The van der Waals surface area contributed by atoms with Crippen molar-refractivity contribution in [3.63, 3.8) is 0 Å². The SMILES string of the molecule is CC.CC.CC(C)CCC(C)(C)CCN(C)C. The Morgan fingerprint density at radius 3 is 1.59 bits per heavy atom. The van der Waals surface area contributed by atoms with Gasteiger partial charge in [0, 0.05) is 0 Å². The van der Waals surface area contributed by atoms with Crippen molar-refractivity contribution in [3.05, 3.63) is 0 Å². The molecule has 1 nitrogen and oxygen atoms in total. The summed E-state index contributed by atoms with van der Waals surface area (Å²) in [5.41, 5.74) is 0.522. The predicted molar refractivity (Wildman–Crippen MR) is 83.7 cm³/mol. The average Bonchev–Trinajstić information content (AvgIpc) is 2.30. The lowest BCUT2D eigenvalue weighted by Crippen LogP contribution is -2.21. The monoisotopic (exact) mass is 245 g/mol.